The molecule has 0 bridgehead atoms. The quantitative estimate of drug-likeness (QED) is 0.414. The average molecular weight is 470 g/mol. The molecule has 0 saturated heterocycles. The van der Waals surface area contributed by atoms with Crippen LogP contribution in [-0.2, 0) is 22.7 Å². The molecule has 5 rings (SSSR count). The molecular weight excluding hydrogens is 450 g/mol. The van der Waals surface area contributed by atoms with E-state index in [0.717, 1.165) is 22.2 Å². The molecule has 0 fully saturated rings. The molecule has 3 aromatic carbocycles. The van der Waals surface area contributed by atoms with E-state index >= 15 is 0 Å². The first-order chi connectivity index (χ1) is 16.6. The fourth-order valence-corrected chi connectivity index (χ4v) is 4.16. The Bertz CT molecular complexity index is 1420. The van der Waals surface area contributed by atoms with Crippen molar-refractivity contribution in [3.8, 4) is 0 Å². The second-order valence-electron chi connectivity index (χ2n) is 7.92. The third kappa shape index (κ3) is 4.51. The maximum atomic E-state index is 13.5. The number of hydrogen-bond acceptors (Lipinski definition) is 4. The number of allylic oxidation sites excluding steroid dienone is 1. The third-order valence-electron chi connectivity index (χ3n) is 5.66. The number of nitrogens with zero attached hydrogens (tertiary/aromatic N) is 5. The SMILES string of the molecule is O=C1N=CC=CC1c1ccc(N(Cc2cccc(Cl)c2)C(=O)Cn2nnc3ccccc32)cc1. The first-order valence-corrected chi connectivity index (χ1v) is 11.1. The molecule has 7 nitrogen and oxygen atoms in total. The third-order valence-corrected chi connectivity index (χ3v) is 5.89. The van der Waals surface area contributed by atoms with Crippen molar-refractivity contribution >= 4 is 46.4 Å². The summed E-state index contributed by atoms with van der Waals surface area (Å²) in [4.78, 5) is 31.2. The fraction of sp³-hybridized carbons (Fsp3) is 0.115. The number of carbonyl (C=O) groups excluding carboxylic acids is 2. The summed E-state index contributed by atoms with van der Waals surface area (Å²) in [5.41, 5.74) is 3.94. The van der Waals surface area contributed by atoms with Crippen molar-refractivity contribution in [1.82, 2.24) is 15.0 Å². The standard InChI is InChI=1S/C26H20ClN5O2/c27-20-6-3-5-18(15-20)16-31(25(33)17-32-24-9-2-1-8-23(24)29-30-32)21-12-10-19(11-13-21)22-7-4-14-28-26(22)34/h1-15,22H,16-17H2. The second kappa shape index (κ2) is 9.41. The molecule has 1 unspecified atom stereocenters. The smallest absolute Gasteiger partial charge is 0.257 e. The maximum absolute atomic E-state index is 13.5. The zero-order chi connectivity index (χ0) is 23.5. The summed E-state index contributed by atoms with van der Waals surface area (Å²) in [6, 6.07) is 22.3. The number of benzene rings is 3. The Morgan fingerprint density at radius 1 is 1.03 bits per heavy atom. The van der Waals surface area contributed by atoms with E-state index in [1.54, 1.807) is 21.7 Å². The van der Waals surface area contributed by atoms with Gasteiger partial charge in [-0.2, -0.15) is 0 Å². The maximum Gasteiger partial charge on any atom is 0.257 e. The number of dihydropyridines is 1. The van der Waals surface area contributed by atoms with Gasteiger partial charge in [-0.1, -0.05) is 59.3 Å². The van der Waals surface area contributed by atoms with Crippen molar-refractivity contribution in [2.45, 2.75) is 19.0 Å². The average Bonchev–Trinajstić information content (AvgIpc) is 3.26. The molecule has 8 heteroatoms. The Kier molecular flexibility index (Phi) is 6.01. The Balaban J connectivity index is 1.45. The number of halogens is 1. The molecule has 168 valence electrons. The predicted octanol–water partition coefficient (Wildman–Crippen LogP) is 4.57. The van der Waals surface area contributed by atoms with Crippen molar-refractivity contribution in [3.63, 3.8) is 0 Å². The Labute approximate surface area is 201 Å². The molecule has 0 aliphatic carbocycles. The number of rotatable bonds is 6. The van der Waals surface area contributed by atoms with Crippen molar-refractivity contribution in [2.75, 3.05) is 4.90 Å². The van der Waals surface area contributed by atoms with E-state index in [0.29, 0.717) is 17.3 Å². The van der Waals surface area contributed by atoms with Crippen molar-refractivity contribution < 1.29 is 9.59 Å². The first kappa shape index (κ1) is 21.7. The van der Waals surface area contributed by atoms with E-state index in [9.17, 15) is 9.59 Å². The van der Waals surface area contributed by atoms with Crippen molar-refractivity contribution in [2.24, 2.45) is 4.99 Å². The molecule has 1 aromatic heterocycles. The number of aromatic nitrogens is 3. The minimum Gasteiger partial charge on any atom is -0.306 e. The lowest BCUT2D eigenvalue weighted by atomic mass is 9.96. The zero-order valence-electron chi connectivity index (χ0n) is 18.1. The number of anilines is 1. The molecule has 2 amide bonds. The van der Waals surface area contributed by atoms with Crippen molar-refractivity contribution in [3.05, 3.63) is 101 Å². The van der Waals surface area contributed by atoms with Crippen LogP contribution in [-0.4, -0.2) is 33.0 Å². The molecule has 0 spiro atoms. The van der Waals surface area contributed by atoms with E-state index < -0.39 is 5.92 Å². The van der Waals surface area contributed by atoms with Gasteiger partial charge in [-0.3, -0.25) is 9.59 Å². The number of hydrogen-bond donors (Lipinski definition) is 0. The molecule has 4 aromatic rings. The molecule has 34 heavy (non-hydrogen) atoms. The van der Waals surface area contributed by atoms with E-state index in [1.807, 2.05) is 72.8 Å². The Hall–Kier alpha value is -4.10. The topological polar surface area (TPSA) is 80.5 Å². The molecule has 1 aliphatic heterocycles. The summed E-state index contributed by atoms with van der Waals surface area (Å²) in [7, 11) is 0. The van der Waals surface area contributed by atoms with Gasteiger partial charge in [-0.25, -0.2) is 9.67 Å². The predicted molar refractivity (Wildman–Crippen MR) is 132 cm³/mol. The van der Waals surface area contributed by atoms with Gasteiger partial charge >= 0.3 is 0 Å². The largest absolute Gasteiger partial charge is 0.306 e. The fourth-order valence-electron chi connectivity index (χ4n) is 3.94. The number of aliphatic imine (C=N–C) groups is 1. The summed E-state index contributed by atoms with van der Waals surface area (Å²) in [6.07, 6.45) is 5.07. The normalized spacial score (nSPS) is 15.1. The van der Waals surface area contributed by atoms with E-state index in [-0.39, 0.29) is 18.4 Å². The summed E-state index contributed by atoms with van der Waals surface area (Å²) >= 11 is 6.18. The Morgan fingerprint density at radius 2 is 1.85 bits per heavy atom. The number of carbonyl (C=O) groups is 2. The highest BCUT2D eigenvalue weighted by Crippen LogP contribution is 2.26. The van der Waals surface area contributed by atoms with Gasteiger partial charge in [0.05, 0.1) is 18.0 Å². The highest BCUT2D eigenvalue weighted by molar-refractivity contribution is 6.30. The van der Waals surface area contributed by atoms with Crippen LogP contribution in [0, 0.1) is 0 Å². The number of amides is 2. The van der Waals surface area contributed by atoms with Gasteiger partial charge in [0.1, 0.15) is 12.1 Å². The van der Waals surface area contributed by atoms with Gasteiger partial charge in [0.15, 0.2) is 0 Å². The molecular formula is C26H20ClN5O2. The van der Waals surface area contributed by atoms with Crippen LogP contribution in [0.1, 0.15) is 17.0 Å². The number of para-hydroxylation sites is 1. The highest BCUT2D eigenvalue weighted by Gasteiger charge is 2.22. The van der Waals surface area contributed by atoms with Gasteiger partial charge in [0, 0.05) is 16.9 Å². The van der Waals surface area contributed by atoms with Crippen LogP contribution >= 0.6 is 11.6 Å². The van der Waals surface area contributed by atoms with Crippen LogP contribution in [0.2, 0.25) is 5.02 Å². The molecule has 1 aliphatic rings. The lowest BCUT2D eigenvalue weighted by molar-refractivity contribution is -0.119. The number of fused-ring (bicyclic) bond motifs is 1. The van der Waals surface area contributed by atoms with Gasteiger partial charge in [-0.05, 0) is 53.6 Å². The molecule has 0 N–H and O–H groups in total. The van der Waals surface area contributed by atoms with Crippen LogP contribution in [0.3, 0.4) is 0 Å². The molecule has 2 heterocycles. The molecule has 0 saturated carbocycles. The van der Waals surface area contributed by atoms with E-state index in [4.69, 9.17) is 11.6 Å². The van der Waals surface area contributed by atoms with Gasteiger partial charge < -0.3 is 4.90 Å². The van der Waals surface area contributed by atoms with Crippen LogP contribution < -0.4 is 4.90 Å². The van der Waals surface area contributed by atoms with E-state index in [2.05, 4.69) is 15.3 Å². The molecule has 0 radical (unpaired) electrons. The summed E-state index contributed by atoms with van der Waals surface area (Å²) < 4.78 is 1.60. The van der Waals surface area contributed by atoms with Crippen LogP contribution in [0.4, 0.5) is 5.69 Å². The van der Waals surface area contributed by atoms with Gasteiger partial charge in [-0.15, -0.1) is 5.10 Å². The van der Waals surface area contributed by atoms with Crippen molar-refractivity contribution in [1.29, 1.82) is 0 Å². The monoisotopic (exact) mass is 469 g/mol. The summed E-state index contributed by atoms with van der Waals surface area (Å²) in [5.74, 6) is -0.778. The van der Waals surface area contributed by atoms with Crippen LogP contribution in [0.25, 0.3) is 11.0 Å². The first-order valence-electron chi connectivity index (χ1n) is 10.8. The van der Waals surface area contributed by atoms with Crippen LogP contribution in [0.15, 0.2) is 89.9 Å². The van der Waals surface area contributed by atoms with E-state index in [1.165, 1.54) is 6.21 Å². The highest BCUT2D eigenvalue weighted by atomic mass is 35.5. The minimum atomic E-state index is -0.419. The van der Waals surface area contributed by atoms with Gasteiger partial charge in [0.2, 0.25) is 5.91 Å². The molecule has 1 atom stereocenters. The lowest BCUT2D eigenvalue weighted by Crippen LogP contribution is -2.33. The lowest BCUT2D eigenvalue weighted by Gasteiger charge is -2.24. The van der Waals surface area contributed by atoms with Gasteiger partial charge in [0.25, 0.3) is 5.91 Å². The summed E-state index contributed by atoms with van der Waals surface area (Å²) in [6.45, 7) is 0.360. The summed E-state index contributed by atoms with van der Waals surface area (Å²) in [5, 5.41) is 8.90. The van der Waals surface area contributed by atoms with Crippen LogP contribution in [0.5, 0.6) is 0 Å². The zero-order valence-corrected chi connectivity index (χ0v) is 18.8. The Morgan fingerprint density at radius 3 is 2.65 bits per heavy atom. The second-order valence-corrected chi connectivity index (χ2v) is 8.35. The minimum absolute atomic E-state index is 0.0292.